The molecule has 1 aliphatic heterocycles. The summed E-state index contributed by atoms with van der Waals surface area (Å²) in [5.74, 6) is 7.19. The van der Waals surface area contributed by atoms with E-state index in [0.29, 0.717) is 32.3 Å². The first kappa shape index (κ1) is 15.4. The quantitative estimate of drug-likeness (QED) is 0.814. The lowest BCUT2D eigenvalue weighted by atomic mass is 10.0. The summed E-state index contributed by atoms with van der Waals surface area (Å²) in [7, 11) is 0. The molecule has 4 rings (SSSR count). The molecule has 1 atom stereocenters. The average Bonchev–Trinajstić information content (AvgIpc) is 3.32. The zero-order chi connectivity index (χ0) is 16.4. The highest BCUT2D eigenvalue weighted by atomic mass is 16.6. The molecule has 0 radical (unpaired) electrons. The predicted molar refractivity (Wildman–Crippen MR) is 90.4 cm³/mol. The first-order chi connectivity index (χ1) is 11.8. The smallest absolute Gasteiger partial charge is 0.113 e. The number of aromatic nitrogens is 3. The molecule has 2 fully saturated rings. The maximum atomic E-state index is 5.66. The van der Waals surface area contributed by atoms with Gasteiger partial charge in [0, 0.05) is 17.0 Å². The fourth-order valence-corrected chi connectivity index (χ4v) is 2.80. The van der Waals surface area contributed by atoms with E-state index in [1.54, 1.807) is 0 Å². The number of rotatable bonds is 3. The highest BCUT2D eigenvalue weighted by molar-refractivity contribution is 5.64. The van der Waals surface area contributed by atoms with Gasteiger partial charge in [0.05, 0.1) is 32.6 Å². The van der Waals surface area contributed by atoms with Gasteiger partial charge in [0.25, 0.3) is 0 Å². The first-order valence-electron chi connectivity index (χ1n) is 8.50. The van der Waals surface area contributed by atoms with Gasteiger partial charge >= 0.3 is 0 Å². The Morgan fingerprint density at radius 2 is 2.21 bits per heavy atom. The Bertz CT molecular complexity index is 777. The van der Waals surface area contributed by atoms with Crippen LogP contribution in [0.2, 0.25) is 0 Å². The van der Waals surface area contributed by atoms with Gasteiger partial charge in [-0.1, -0.05) is 23.1 Å². The fourth-order valence-electron chi connectivity index (χ4n) is 2.80. The van der Waals surface area contributed by atoms with E-state index in [1.807, 2.05) is 10.9 Å². The molecule has 1 aromatic heterocycles. The molecule has 1 aromatic carbocycles. The van der Waals surface area contributed by atoms with Crippen molar-refractivity contribution in [3.63, 3.8) is 0 Å². The Morgan fingerprint density at radius 3 is 2.96 bits per heavy atom. The molecule has 0 amide bonds. The summed E-state index contributed by atoms with van der Waals surface area (Å²) in [4.78, 5) is 0. The van der Waals surface area contributed by atoms with Crippen LogP contribution >= 0.6 is 0 Å². The summed E-state index contributed by atoms with van der Waals surface area (Å²) in [5, 5.41) is 8.53. The van der Waals surface area contributed by atoms with E-state index in [4.69, 9.17) is 9.47 Å². The van der Waals surface area contributed by atoms with Crippen LogP contribution in [-0.4, -0.2) is 40.9 Å². The topological polar surface area (TPSA) is 49.2 Å². The lowest BCUT2D eigenvalue weighted by Gasteiger charge is -2.22. The predicted octanol–water partition coefficient (Wildman–Crippen LogP) is 2.43. The number of hydrogen-bond donors (Lipinski definition) is 0. The monoisotopic (exact) mass is 323 g/mol. The fraction of sp³-hybridized carbons (Fsp3) is 0.474. The van der Waals surface area contributed by atoms with Crippen molar-refractivity contribution in [1.82, 2.24) is 15.0 Å². The molecular formula is C19H21N3O2. The molecule has 2 aliphatic rings. The number of aryl methyl sites for hydroxylation is 1. The summed E-state index contributed by atoms with van der Waals surface area (Å²) in [5.41, 5.74) is 4.22. The van der Waals surface area contributed by atoms with Crippen LogP contribution in [0.5, 0.6) is 0 Å². The van der Waals surface area contributed by atoms with Crippen molar-refractivity contribution in [2.24, 2.45) is 5.92 Å². The van der Waals surface area contributed by atoms with E-state index >= 15 is 0 Å². The third-order valence-corrected chi connectivity index (χ3v) is 4.31. The Labute approximate surface area is 142 Å². The van der Waals surface area contributed by atoms with Gasteiger partial charge in [-0.15, -0.1) is 5.10 Å². The van der Waals surface area contributed by atoms with Crippen molar-refractivity contribution >= 4 is 0 Å². The van der Waals surface area contributed by atoms with E-state index in [1.165, 1.54) is 18.4 Å². The van der Waals surface area contributed by atoms with Crippen LogP contribution in [0.25, 0.3) is 11.3 Å². The van der Waals surface area contributed by atoms with Crippen molar-refractivity contribution in [2.45, 2.75) is 32.4 Å². The van der Waals surface area contributed by atoms with Crippen LogP contribution in [0.4, 0.5) is 0 Å². The lowest BCUT2D eigenvalue weighted by molar-refractivity contribution is -0.0947. The highest BCUT2D eigenvalue weighted by Crippen LogP contribution is 2.28. The minimum absolute atomic E-state index is 0.0504. The molecule has 2 heterocycles. The van der Waals surface area contributed by atoms with Gasteiger partial charge in [0.2, 0.25) is 0 Å². The van der Waals surface area contributed by atoms with Gasteiger partial charge in [0.15, 0.2) is 0 Å². The molecule has 1 unspecified atom stereocenters. The molecule has 1 aliphatic carbocycles. The number of benzene rings is 1. The average molecular weight is 323 g/mol. The van der Waals surface area contributed by atoms with Crippen molar-refractivity contribution in [1.29, 1.82) is 0 Å². The Kier molecular flexibility index (Phi) is 4.33. The second-order valence-electron chi connectivity index (χ2n) is 6.47. The number of hydrogen-bond acceptors (Lipinski definition) is 4. The molecule has 0 spiro atoms. The van der Waals surface area contributed by atoms with Gasteiger partial charge in [-0.05, 0) is 37.5 Å². The molecule has 1 saturated carbocycles. The Morgan fingerprint density at radius 1 is 1.29 bits per heavy atom. The van der Waals surface area contributed by atoms with E-state index in [-0.39, 0.29) is 6.10 Å². The lowest BCUT2D eigenvalue weighted by Crippen LogP contribution is -2.32. The maximum absolute atomic E-state index is 5.66. The summed E-state index contributed by atoms with van der Waals surface area (Å²) in [6, 6.07) is 6.28. The van der Waals surface area contributed by atoms with Crippen molar-refractivity contribution in [3.8, 4) is 23.1 Å². The van der Waals surface area contributed by atoms with Crippen LogP contribution in [0.1, 0.15) is 24.0 Å². The number of ether oxygens (including phenoxy) is 2. The molecule has 24 heavy (non-hydrogen) atoms. The number of nitrogens with zero attached hydrogens (tertiary/aromatic N) is 3. The molecule has 5 heteroatoms. The largest absolute Gasteiger partial charge is 0.376 e. The van der Waals surface area contributed by atoms with E-state index < -0.39 is 0 Å². The first-order valence-corrected chi connectivity index (χ1v) is 8.50. The third kappa shape index (κ3) is 3.66. The third-order valence-electron chi connectivity index (χ3n) is 4.31. The van der Waals surface area contributed by atoms with Crippen LogP contribution in [0.15, 0.2) is 24.4 Å². The second-order valence-corrected chi connectivity index (χ2v) is 6.47. The molecule has 1 saturated heterocycles. The Balaban J connectivity index is 1.48. The van der Waals surface area contributed by atoms with Gasteiger partial charge in [-0.2, -0.15) is 0 Å². The second kappa shape index (κ2) is 6.76. The molecule has 5 nitrogen and oxygen atoms in total. The van der Waals surface area contributed by atoms with Gasteiger partial charge < -0.3 is 9.47 Å². The highest BCUT2D eigenvalue weighted by Gasteiger charge is 2.18. The van der Waals surface area contributed by atoms with Gasteiger partial charge in [-0.3, -0.25) is 0 Å². The van der Waals surface area contributed by atoms with Crippen LogP contribution in [0.3, 0.4) is 0 Å². The normalized spacial score (nSPS) is 20.5. The molecule has 0 bridgehead atoms. The Hall–Kier alpha value is -2.16. The van der Waals surface area contributed by atoms with E-state index in [9.17, 15) is 0 Å². The van der Waals surface area contributed by atoms with Crippen LogP contribution in [0, 0.1) is 24.7 Å². The maximum Gasteiger partial charge on any atom is 0.113 e. The summed E-state index contributed by atoms with van der Waals surface area (Å²) in [6.07, 6.45) is 4.52. The molecule has 0 N–H and O–H groups in total. The van der Waals surface area contributed by atoms with E-state index in [2.05, 4.69) is 47.3 Å². The zero-order valence-corrected chi connectivity index (χ0v) is 13.9. The van der Waals surface area contributed by atoms with Crippen LogP contribution < -0.4 is 0 Å². The van der Waals surface area contributed by atoms with Crippen molar-refractivity contribution in [2.75, 3.05) is 19.8 Å². The van der Waals surface area contributed by atoms with Gasteiger partial charge in [0.1, 0.15) is 11.8 Å². The summed E-state index contributed by atoms with van der Waals surface area (Å²) < 4.78 is 12.9. The summed E-state index contributed by atoms with van der Waals surface area (Å²) in [6.45, 7) is 4.69. The molecule has 124 valence electrons. The molecular weight excluding hydrogens is 302 g/mol. The van der Waals surface area contributed by atoms with Crippen LogP contribution in [-0.2, 0) is 16.0 Å². The van der Waals surface area contributed by atoms with Crippen molar-refractivity contribution in [3.05, 3.63) is 35.5 Å². The molecule has 2 aromatic rings. The van der Waals surface area contributed by atoms with Gasteiger partial charge in [-0.25, -0.2) is 4.68 Å². The summed E-state index contributed by atoms with van der Waals surface area (Å²) >= 11 is 0. The standard InChI is InChI=1S/C19H21N3O2/c1-14-10-16(5-4-15-2-3-15)6-7-18(14)19-12-22(21-20-19)11-17-13-23-8-9-24-17/h6-7,10,12,15,17H,2-3,8-9,11,13H2,1H3. The van der Waals surface area contributed by atoms with E-state index in [0.717, 1.165) is 16.8 Å². The van der Waals surface area contributed by atoms with Crippen molar-refractivity contribution < 1.29 is 9.47 Å². The minimum Gasteiger partial charge on any atom is -0.376 e. The zero-order valence-electron chi connectivity index (χ0n) is 13.9. The minimum atomic E-state index is 0.0504. The SMILES string of the molecule is Cc1cc(C#CC2CC2)ccc1-c1cn(CC2COCCO2)nn1.